The Kier molecular flexibility index (Phi) is 9.91. The Morgan fingerprint density at radius 3 is 2.52 bits per heavy atom. The number of ether oxygens (including phenoxy) is 2. The minimum Gasteiger partial charge on any atom is -0.493 e. The second kappa shape index (κ2) is 14.7. The number of imidazole rings is 1. The summed E-state index contributed by atoms with van der Waals surface area (Å²) in [4.78, 5) is 32.6. The van der Waals surface area contributed by atoms with E-state index in [9.17, 15) is 4.79 Å². The Labute approximate surface area is 306 Å². The van der Waals surface area contributed by atoms with Gasteiger partial charge in [-0.3, -0.25) is 20.1 Å². The zero-order chi connectivity index (χ0) is 35.8. The van der Waals surface area contributed by atoms with E-state index >= 15 is 4.39 Å². The summed E-state index contributed by atoms with van der Waals surface area (Å²) in [6.45, 7) is 9.28. The van der Waals surface area contributed by atoms with Gasteiger partial charge < -0.3 is 23.8 Å². The number of fused-ring (bicyclic) bond motifs is 7. The Morgan fingerprint density at radius 1 is 0.981 bits per heavy atom. The van der Waals surface area contributed by atoms with Crippen LogP contribution in [-0.2, 0) is 11.3 Å². The fourth-order valence-corrected chi connectivity index (χ4v) is 9.22. The zero-order valence-corrected chi connectivity index (χ0v) is 30.9. The molecule has 6 heterocycles. The number of nitrogens with one attached hydrogen (secondary N) is 1. The summed E-state index contributed by atoms with van der Waals surface area (Å²) < 4.78 is 29.9. The molecule has 2 bridgehead atoms. The van der Waals surface area contributed by atoms with Crippen LogP contribution in [-0.4, -0.2) is 82.4 Å². The number of amides is 1. The van der Waals surface area contributed by atoms with Crippen molar-refractivity contribution < 1.29 is 18.7 Å². The maximum atomic E-state index is 16.0. The van der Waals surface area contributed by atoms with Crippen molar-refractivity contribution in [1.82, 2.24) is 24.4 Å². The van der Waals surface area contributed by atoms with E-state index in [0.29, 0.717) is 70.6 Å². The predicted molar refractivity (Wildman–Crippen MR) is 201 cm³/mol. The number of nitrogens with zero attached hydrogens (tertiary/aromatic N) is 6. The molecular formula is C41H52FN7O3. The van der Waals surface area contributed by atoms with Gasteiger partial charge in [0, 0.05) is 62.5 Å². The van der Waals surface area contributed by atoms with Crippen molar-refractivity contribution in [3.05, 3.63) is 59.8 Å². The number of rotatable bonds is 3. The maximum absolute atomic E-state index is 16.0. The highest BCUT2D eigenvalue weighted by Crippen LogP contribution is 2.44. The lowest BCUT2D eigenvalue weighted by Gasteiger charge is -2.49. The van der Waals surface area contributed by atoms with Crippen molar-refractivity contribution in [1.29, 1.82) is 0 Å². The summed E-state index contributed by atoms with van der Waals surface area (Å²) in [6, 6.07) is 9.59. The molecule has 1 N–H and O–H groups in total. The van der Waals surface area contributed by atoms with Gasteiger partial charge in [0.2, 0.25) is 5.95 Å². The third kappa shape index (κ3) is 7.14. The topological polar surface area (TPSA) is 97.6 Å². The number of benzene rings is 1. The highest BCUT2D eigenvalue weighted by Gasteiger charge is 2.40. The Morgan fingerprint density at radius 2 is 1.75 bits per heavy atom. The smallest absolute Gasteiger partial charge is 0.258 e. The van der Waals surface area contributed by atoms with Crippen LogP contribution in [0.5, 0.6) is 5.75 Å². The molecule has 276 valence electrons. The van der Waals surface area contributed by atoms with Crippen molar-refractivity contribution in [3.63, 3.8) is 0 Å². The molecule has 11 heteroatoms. The van der Waals surface area contributed by atoms with Gasteiger partial charge in [-0.05, 0) is 120 Å². The molecular weight excluding hydrogens is 657 g/mol. The lowest BCUT2D eigenvalue weighted by Crippen LogP contribution is -2.50. The molecule has 0 radical (unpaired) electrons. The Bertz CT molecular complexity index is 1900. The molecule has 0 unspecified atom stereocenters. The normalized spacial score (nSPS) is 24.3. The number of halogens is 1. The Hall–Kier alpha value is -4.09. The molecule has 52 heavy (non-hydrogen) atoms. The fraction of sp³-hybridized carbons (Fsp3) is 0.561. The predicted octanol–water partition coefficient (Wildman–Crippen LogP) is 7.64. The molecule has 10 nitrogen and oxygen atoms in total. The van der Waals surface area contributed by atoms with Crippen molar-refractivity contribution in [2.75, 3.05) is 50.1 Å². The molecule has 1 spiro atoms. The lowest BCUT2D eigenvalue weighted by molar-refractivity contribution is 0.00940. The molecule has 2 saturated heterocycles. The number of hydrogen-bond donors (Lipinski definition) is 1. The van der Waals surface area contributed by atoms with Crippen LogP contribution in [0.15, 0.2) is 42.7 Å². The van der Waals surface area contributed by atoms with Crippen LogP contribution in [0.3, 0.4) is 0 Å². The van der Waals surface area contributed by atoms with E-state index in [2.05, 4.69) is 31.6 Å². The van der Waals surface area contributed by atoms with Crippen molar-refractivity contribution in [3.8, 4) is 17.0 Å². The molecule has 1 aliphatic carbocycles. The van der Waals surface area contributed by atoms with E-state index in [0.717, 1.165) is 49.9 Å². The summed E-state index contributed by atoms with van der Waals surface area (Å²) in [6.07, 6.45) is 15.1. The van der Waals surface area contributed by atoms with Crippen LogP contribution in [0.1, 0.15) is 87.2 Å². The van der Waals surface area contributed by atoms with Crippen LogP contribution in [0, 0.1) is 24.1 Å². The van der Waals surface area contributed by atoms with E-state index < -0.39 is 0 Å². The standard InChI is InChI=1S/C41H52FN7O3/c1-27-5-4-20-52-38-10-15-43-25-32(38)34-22-29(21-28(2)44-34)39(50)46-40-45-35-23-33(42)36(24-37(35)49(40)26-27)48-18-13-41(14-19-48)11-16-47(17-12-41)30-6-8-31(51-3)9-7-30/h10,15,21-25,27,30-31H,4-9,11-14,16-20,26H2,1-3H3,(H,45,46,50)/t27-,30?,31?/m1/s1. The van der Waals surface area contributed by atoms with E-state index in [4.69, 9.17) is 19.4 Å². The molecule has 1 atom stereocenters. The number of anilines is 2. The van der Waals surface area contributed by atoms with Gasteiger partial charge in [0.1, 0.15) is 11.6 Å². The van der Waals surface area contributed by atoms with E-state index in [1.807, 2.05) is 26.2 Å². The Balaban J connectivity index is 1.02. The highest BCUT2D eigenvalue weighted by atomic mass is 19.1. The first-order valence-corrected chi connectivity index (χ1v) is 19.4. The van der Waals surface area contributed by atoms with Crippen molar-refractivity contribution in [2.24, 2.45) is 11.3 Å². The average Bonchev–Trinajstić information content (AvgIpc) is 3.47. The van der Waals surface area contributed by atoms with Gasteiger partial charge in [-0.25, -0.2) is 9.37 Å². The molecule has 4 aromatic rings. The molecule has 1 amide bonds. The number of hydrogen-bond acceptors (Lipinski definition) is 8. The van der Waals surface area contributed by atoms with Crippen LogP contribution in [0.2, 0.25) is 0 Å². The van der Waals surface area contributed by atoms with Gasteiger partial charge in [0.25, 0.3) is 5.91 Å². The molecule has 1 aromatic carbocycles. The lowest BCUT2D eigenvalue weighted by atomic mass is 9.70. The monoisotopic (exact) mass is 709 g/mol. The second-order valence-electron chi connectivity index (χ2n) is 15.8. The van der Waals surface area contributed by atoms with Crippen molar-refractivity contribution in [2.45, 2.75) is 96.7 Å². The van der Waals surface area contributed by atoms with Gasteiger partial charge in [-0.15, -0.1) is 0 Å². The van der Waals surface area contributed by atoms with Gasteiger partial charge in [-0.2, -0.15) is 0 Å². The third-order valence-electron chi connectivity index (χ3n) is 12.4. The number of methoxy groups -OCH3 is 1. The number of aromatic nitrogens is 4. The minimum absolute atomic E-state index is 0.257. The zero-order valence-electron chi connectivity index (χ0n) is 30.9. The fourth-order valence-electron chi connectivity index (χ4n) is 9.22. The van der Waals surface area contributed by atoms with Crippen LogP contribution >= 0.6 is 0 Å². The van der Waals surface area contributed by atoms with E-state index in [-0.39, 0.29) is 17.6 Å². The SMILES string of the molecule is COC1CCC(N2CCC3(CCN(c4cc5c(cc4F)nc4n5C[C@H](C)CCCOc5ccncc5-c5cc(cc(C)n5)C(=O)N4)CC3)CC2)CC1. The van der Waals surface area contributed by atoms with Gasteiger partial charge in [-0.1, -0.05) is 6.92 Å². The maximum Gasteiger partial charge on any atom is 0.258 e. The van der Waals surface area contributed by atoms with Crippen LogP contribution in [0.25, 0.3) is 22.3 Å². The summed E-state index contributed by atoms with van der Waals surface area (Å²) in [5.74, 6) is 0.819. The molecule has 4 aliphatic rings. The molecule has 3 aliphatic heterocycles. The first-order chi connectivity index (χ1) is 25.3. The van der Waals surface area contributed by atoms with Gasteiger partial charge in [0.05, 0.1) is 40.7 Å². The number of pyridine rings is 2. The van der Waals surface area contributed by atoms with Crippen LogP contribution in [0.4, 0.5) is 16.0 Å². The molecule has 3 fully saturated rings. The first kappa shape index (κ1) is 35.0. The minimum atomic E-state index is -0.298. The molecule has 8 rings (SSSR count). The summed E-state index contributed by atoms with van der Waals surface area (Å²) in [5, 5.41) is 3.08. The quantitative estimate of drug-likeness (QED) is 0.232. The number of carbonyl (C=O) groups excluding carboxylic acids is 1. The molecule has 3 aromatic heterocycles. The largest absolute Gasteiger partial charge is 0.493 e. The average molecular weight is 710 g/mol. The van der Waals surface area contributed by atoms with Crippen molar-refractivity contribution >= 4 is 28.6 Å². The van der Waals surface area contributed by atoms with Gasteiger partial charge in [0.15, 0.2) is 0 Å². The highest BCUT2D eigenvalue weighted by molar-refractivity contribution is 6.05. The van der Waals surface area contributed by atoms with E-state index in [1.165, 1.54) is 51.6 Å². The number of carbonyl (C=O) groups is 1. The summed E-state index contributed by atoms with van der Waals surface area (Å²) in [7, 11) is 1.84. The van der Waals surface area contributed by atoms with E-state index in [1.54, 1.807) is 30.6 Å². The molecule has 1 saturated carbocycles. The van der Waals surface area contributed by atoms with Gasteiger partial charge >= 0.3 is 0 Å². The first-order valence-electron chi connectivity index (χ1n) is 19.4. The summed E-state index contributed by atoms with van der Waals surface area (Å²) >= 11 is 0. The number of aryl methyl sites for hydroxylation is 1. The second-order valence-corrected chi connectivity index (χ2v) is 15.8. The number of piperidine rings is 2. The van der Waals surface area contributed by atoms with Crippen LogP contribution < -0.4 is 15.0 Å². The number of likely N-dealkylation sites (tertiary alicyclic amines) is 1. The third-order valence-corrected chi connectivity index (χ3v) is 12.4. The summed E-state index contributed by atoms with van der Waals surface area (Å²) in [5.41, 5.74) is 4.87.